The van der Waals surface area contributed by atoms with Gasteiger partial charge in [-0.05, 0) is 23.8 Å². The van der Waals surface area contributed by atoms with Crippen LogP contribution < -0.4 is 0 Å². The highest BCUT2D eigenvalue weighted by atomic mass is 19.4. The van der Waals surface area contributed by atoms with Crippen LogP contribution in [0.4, 0.5) is 18.9 Å². The van der Waals surface area contributed by atoms with E-state index in [0.717, 1.165) is 12.1 Å². The van der Waals surface area contributed by atoms with E-state index in [0.29, 0.717) is 16.0 Å². The van der Waals surface area contributed by atoms with Crippen LogP contribution in [0.1, 0.15) is 21.5 Å². The van der Waals surface area contributed by atoms with Crippen LogP contribution in [0.5, 0.6) is 0 Å². The zero-order chi connectivity index (χ0) is 19.3. The Bertz CT molecular complexity index is 858. The van der Waals surface area contributed by atoms with Gasteiger partial charge >= 0.3 is 6.18 Å². The summed E-state index contributed by atoms with van der Waals surface area (Å²) in [6.45, 7) is -1.96. The molecule has 0 aliphatic rings. The number of halogens is 3. The van der Waals surface area contributed by atoms with Crippen molar-refractivity contribution in [2.24, 2.45) is 0 Å². The summed E-state index contributed by atoms with van der Waals surface area (Å²) in [5, 5.41) is 19.8. The highest BCUT2D eigenvalue weighted by molar-refractivity contribution is 5.98. The van der Waals surface area contributed by atoms with Gasteiger partial charge in [-0.3, -0.25) is 14.9 Å². The third-order valence-corrected chi connectivity index (χ3v) is 3.44. The monoisotopic (exact) mass is 363 g/mol. The minimum absolute atomic E-state index is 0.321. The molecule has 0 radical (unpaired) electrons. The minimum Gasteiger partial charge on any atom is -0.325 e. The number of carbonyl (C=O) groups is 1. The molecule has 0 aliphatic heterocycles. The zero-order valence-corrected chi connectivity index (χ0v) is 13.2. The number of carbonyl (C=O) groups excluding carboxylic acids is 1. The molecule has 0 spiro atoms. The SMILES string of the molecule is N#Cc1ccc(CN(CC(F)(F)F)C(=O)c2ccccc2[N+](=O)[O-])cc1. The molecule has 0 saturated heterocycles. The maximum Gasteiger partial charge on any atom is 0.406 e. The van der Waals surface area contributed by atoms with E-state index in [1.807, 2.05) is 6.07 Å². The Morgan fingerprint density at radius 1 is 1.15 bits per heavy atom. The summed E-state index contributed by atoms with van der Waals surface area (Å²) in [5.41, 5.74) is -0.304. The number of nitro groups is 1. The van der Waals surface area contributed by atoms with Crippen molar-refractivity contribution in [2.45, 2.75) is 12.7 Å². The van der Waals surface area contributed by atoms with Gasteiger partial charge in [0.2, 0.25) is 0 Å². The Kier molecular flexibility index (Phi) is 5.57. The molecule has 0 saturated carbocycles. The fourth-order valence-electron chi connectivity index (χ4n) is 2.31. The number of rotatable bonds is 5. The van der Waals surface area contributed by atoms with Gasteiger partial charge in [-0.1, -0.05) is 24.3 Å². The van der Waals surface area contributed by atoms with Crippen LogP contribution >= 0.6 is 0 Å². The molecule has 134 valence electrons. The Hall–Kier alpha value is -3.41. The summed E-state index contributed by atoms with van der Waals surface area (Å²) in [5.74, 6) is -1.10. The summed E-state index contributed by atoms with van der Waals surface area (Å²) in [6, 6.07) is 12.4. The first kappa shape index (κ1) is 18.9. The van der Waals surface area contributed by atoms with E-state index in [9.17, 15) is 28.1 Å². The third-order valence-electron chi connectivity index (χ3n) is 3.44. The van der Waals surface area contributed by atoms with Crippen LogP contribution in [0.2, 0.25) is 0 Å². The standard InChI is InChI=1S/C17H12F3N3O3/c18-17(19,20)11-22(10-13-7-5-12(9-21)6-8-13)16(24)14-3-1-2-4-15(14)23(25)26/h1-8H,10-11H2. The molecular formula is C17H12F3N3O3. The van der Waals surface area contributed by atoms with Gasteiger partial charge in [-0.2, -0.15) is 18.4 Å². The summed E-state index contributed by atoms with van der Waals surface area (Å²) < 4.78 is 38.7. The first-order valence-electron chi connectivity index (χ1n) is 7.30. The third kappa shape index (κ3) is 4.80. The van der Waals surface area contributed by atoms with Crippen molar-refractivity contribution in [2.75, 3.05) is 6.54 Å². The van der Waals surface area contributed by atoms with Gasteiger partial charge in [0.25, 0.3) is 11.6 Å². The predicted molar refractivity (Wildman–Crippen MR) is 85.0 cm³/mol. The Morgan fingerprint density at radius 3 is 2.31 bits per heavy atom. The van der Waals surface area contributed by atoms with Crippen LogP contribution in [0.15, 0.2) is 48.5 Å². The molecule has 6 nitrogen and oxygen atoms in total. The fraction of sp³-hybridized carbons (Fsp3) is 0.176. The van der Waals surface area contributed by atoms with Crippen molar-refractivity contribution in [3.05, 3.63) is 75.3 Å². The Labute approximate surface area is 146 Å². The number of hydrogen-bond donors (Lipinski definition) is 0. The molecule has 9 heteroatoms. The second kappa shape index (κ2) is 7.65. The second-order valence-electron chi connectivity index (χ2n) is 5.36. The number of nitriles is 1. The van der Waals surface area contributed by atoms with E-state index in [1.54, 1.807) is 0 Å². The van der Waals surface area contributed by atoms with Crippen molar-refractivity contribution in [1.29, 1.82) is 5.26 Å². The lowest BCUT2D eigenvalue weighted by Gasteiger charge is -2.24. The molecule has 2 aromatic carbocycles. The van der Waals surface area contributed by atoms with Gasteiger partial charge in [-0.15, -0.1) is 0 Å². The molecule has 0 bridgehead atoms. The average Bonchev–Trinajstić information content (AvgIpc) is 2.60. The van der Waals surface area contributed by atoms with Crippen LogP contribution in [-0.4, -0.2) is 28.5 Å². The summed E-state index contributed by atoms with van der Waals surface area (Å²) in [6.07, 6.45) is -4.67. The van der Waals surface area contributed by atoms with Crippen molar-refractivity contribution in [1.82, 2.24) is 4.90 Å². The van der Waals surface area contributed by atoms with E-state index in [1.165, 1.54) is 36.4 Å². The molecule has 0 aromatic heterocycles. The summed E-state index contributed by atoms with van der Waals surface area (Å²) >= 11 is 0. The average molecular weight is 363 g/mol. The summed E-state index contributed by atoms with van der Waals surface area (Å²) in [4.78, 5) is 23.3. The molecule has 2 aromatic rings. The van der Waals surface area contributed by atoms with Gasteiger partial charge in [0, 0.05) is 12.6 Å². The van der Waals surface area contributed by atoms with Gasteiger partial charge < -0.3 is 4.90 Å². The number of nitro benzene ring substituents is 1. The Balaban J connectivity index is 2.36. The normalized spacial score (nSPS) is 10.8. The summed E-state index contributed by atoms with van der Waals surface area (Å²) in [7, 11) is 0. The number of hydrogen-bond acceptors (Lipinski definition) is 4. The van der Waals surface area contributed by atoms with Crippen molar-refractivity contribution >= 4 is 11.6 Å². The van der Waals surface area contributed by atoms with Crippen LogP contribution in [0, 0.1) is 21.4 Å². The number of alkyl halides is 3. The molecule has 0 heterocycles. The molecule has 26 heavy (non-hydrogen) atoms. The maximum absolute atomic E-state index is 12.9. The second-order valence-corrected chi connectivity index (χ2v) is 5.36. The highest BCUT2D eigenvalue weighted by Crippen LogP contribution is 2.24. The van der Waals surface area contributed by atoms with Crippen LogP contribution in [-0.2, 0) is 6.54 Å². The number of nitrogens with zero attached hydrogens (tertiary/aromatic N) is 3. The van der Waals surface area contributed by atoms with Crippen molar-refractivity contribution in [3.8, 4) is 6.07 Å². The van der Waals surface area contributed by atoms with Crippen LogP contribution in [0.25, 0.3) is 0 Å². The maximum atomic E-state index is 12.9. The molecule has 0 unspecified atom stereocenters. The molecule has 0 atom stereocenters. The van der Waals surface area contributed by atoms with E-state index in [4.69, 9.17) is 5.26 Å². The molecular weight excluding hydrogens is 351 g/mol. The Morgan fingerprint density at radius 2 is 1.77 bits per heavy atom. The van der Waals surface area contributed by atoms with Crippen molar-refractivity contribution in [3.63, 3.8) is 0 Å². The first-order valence-corrected chi connectivity index (χ1v) is 7.30. The lowest BCUT2D eigenvalue weighted by molar-refractivity contribution is -0.385. The largest absolute Gasteiger partial charge is 0.406 e. The highest BCUT2D eigenvalue weighted by Gasteiger charge is 2.35. The van der Waals surface area contributed by atoms with Crippen LogP contribution in [0.3, 0.4) is 0 Å². The van der Waals surface area contributed by atoms with Gasteiger partial charge in [-0.25, -0.2) is 0 Å². The number of benzene rings is 2. The van der Waals surface area contributed by atoms with E-state index < -0.39 is 41.3 Å². The van der Waals surface area contributed by atoms with E-state index >= 15 is 0 Å². The molecule has 0 N–H and O–H groups in total. The molecule has 1 amide bonds. The molecule has 0 aliphatic carbocycles. The minimum atomic E-state index is -4.67. The number of amides is 1. The topological polar surface area (TPSA) is 87.2 Å². The van der Waals surface area contributed by atoms with E-state index in [-0.39, 0.29) is 0 Å². The predicted octanol–water partition coefficient (Wildman–Crippen LogP) is 3.67. The zero-order valence-electron chi connectivity index (χ0n) is 13.2. The lowest BCUT2D eigenvalue weighted by atomic mass is 10.1. The number of para-hydroxylation sites is 1. The van der Waals surface area contributed by atoms with Gasteiger partial charge in [0.15, 0.2) is 0 Å². The smallest absolute Gasteiger partial charge is 0.325 e. The molecule has 2 rings (SSSR count). The van der Waals surface area contributed by atoms with Gasteiger partial charge in [0.1, 0.15) is 12.1 Å². The van der Waals surface area contributed by atoms with Crippen molar-refractivity contribution < 1.29 is 22.9 Å². The van der Waals surface area contributed by atoms with Gasteiger partial charge in [0.05, 0.1) is 16.6 Å². The first-order chi connectivity index (χ1) is 12.2. The van der Waals surface area contributed by atoms with E-state index in [2.05, 4.69) is 0 Å². The fourth-order valence-corrected chi connectivity index (χ4v) is 2.31. The lowest BCUT2D eigenvalue weighted by Crippen LogP contribution is -2.38. The molecule has 0 fully saturated rings. The quantitative estimate of drug-likeness (QED) is 0.599.